The Kier molecular flexibility index (Phi) is 3.34. The third kappa shape index (κ3) is 2.16. The first-order valence-electron chi connectivity index (χ1n) is 3.77. The molecule has 7 heteroatoms. The van der Waals surface area contributed by atoms with Crippen molar-refractivity contribution < 1.29 is 18.3 Å². The molecule has 0 fully saturated rings. The molecule has 0 aromatic carbocycles. The van der Waals surface area contributed by atoms with Crippen LogP contribution in [0.4, 0.5) is 13.9 Å². The van der Waals surface area contributed by atoms with E-state index in [4.69, 9.17) is 5.73 Å². The number of hydrogen-bond donors (Lipinski definition) is 1. The average molecular weight is 222 g/mol. The van der Waals surface area contributed by atoms with Gasteiger partial charge in [0.15, 0.2) is 10.8 Å². The maximum atomic E-state index is 12.3. The number of hydrogen-bond acceptors (Lipinski definition) is 5. The molecule has 0 unspecified atom stereocenters. The Hall–Kier alpha value is -1.24. The molecule has 0 bridgehead atoms. The molecular formula is C7H8F2N2O2S. The fourth-order valence-corrected chi connectivity index (χ4v) is 1.52. The van der Waals surface area contributed by atoms with E-state index in [1.54, 1.807) is 6.92 Å². The fourth-order valence-electron chi connectivity index (χ4n) is 0.843. The number of rotatable bonds is 3. The van der Waals surface area contributed by atoms with Crippen LogP contribution in [0.1, 0.15) is 28.7 Å². The lowest BCUT2D eigenvalue weighted by Crippen LogP contribution is -2.08. The molecule has 4 nitrogen and oxygen atoms in total. The first-order chi connectivity index (χ1) is 6.56. The number of carbonyl (C=O) groups excluding carboxylic acids is 1. The zero-order valence-corrected chi connectivity index (χ0v) is 8.11. The second-order valence-corrected chi connectivity index (χ2v) is 3.35. The molecule has 1 rings (SSSR count). The summed E-state index contributed by atoms with van der Waals surface area (Å²) in [7, 11) is 0. The third-order valence-electron chi connectivity index (χ3n) is 1.34. The highest BCUT2D eigenvalue weighted by molar-refractivity contribution is 7.15. The highest BCUT2D eigenvalue weighted by Gasteiger charge is 2.24. The van der Waals surface area contributed by atoms with Crippen molar-refractivity contribution >= 4 is 22.4 Å². The molecule has 0 atom stereocenters. The number of carbonyl (C=O) groups is 1. The summed E-state index contributed by atoms with van der Waals surface area (Å²) in [5.74, 6) is -0.865. The van der Waals surface area contributed by atoms with Crippen molar-refractivity contribution in [3.63, 3.8) is 0 Å². The van der Waals surface area contributed by atoms with Crippen LogP contribution in [0.5, 0.6) is 0 Å². The lowest BCUT2D eigenvalue weighted by molar-refractivity contribution is 0.0510. The van der Waals surface area contributed by atoms with Crippen LogP contribution in [0.2, 0.25) is 0 Å². The van der Waals surface area contributed by atoms with E-state index in [1.807, 2.05) is 0 Å². The van der Waals surface area contributed by atoms with E-state index in [-0.39, 0.29) is 17.4 Å². The van der Waals surface area contributed by atoms with Crippen LogP contribution >= 0.6 is 11.3 Å². The van der Waals surface area contributed by atoms with Crippen molar-refractivity contribution in [1.82, 2.24) is 4.98 Å². The van der Waals surface area contributed by atoms with Crippen LogP contribution in [0.3, 0.4) is 0 Å². The molecular weight excluding hydrogens is 214 g/mol. The third-order valence-corrected chi connectivity index (χ3v) is 2.23. The van der Waals surface area contributed by atoms with E-state index in [9.17, 15) is 13.6 Å². The maximum Gasteiger partial charge on any atom is 0.358 e. The molecule has 0 spiro atoms. The van der Waals surface area contributed by atoms with Gasteiger partial charge in [-0.3, -0.25) is 0 Å². The van der Waals surface area contributed by atoms with E-state index in [0.29, 0.717) is 11.3 Å². The second-order valence-electron chi connectivity index (χ2n) is 2.29. The summed E-state index contributed by atoms with van der Waals surface area (Å²) in [6, 6.07) is 0. The van der Waals surface area contributed by atoms with E-state index >= 15 is 0 Å². The lowest BCUT2D eigenvalue weighted by Gasteiger charge is -2.00. The number of anilines is 1. The zero-order chi connectivity index (χ0) is 10.7. The van der Waals surface area contributed by atoms with Crippen molar-refractivity contribution in [2.75, 3.05) is 12.3 Å². The largest absolute Gasteiger partial charge is 0.461 e. The minimum atomic E-state index is -2.76. The van der Waals surface area contributed by atoms with E-state index in [1.165, 1.54) is 0 Å². The molecule has 1 heterocycles. The predicted molar refractivity (Wildman–Crippen MR) is 47.4 cm³/mol. The van der Waals surface area contributed by atoms with Gasteiger partial charge in [-0.25, -0.2) is 18.6 Å². The van der Waals surface area contributed by atoms with Gasteiger partial charge in [-0.15, -0.1) is 0 Å². The number of thiazole rings is 1. The number of nitrogens with zero attached hydrogens (tertiary/aromatic N) is 1. The fraction of sp³-hybridized carbons (Fsp3) is 0.429. The highest BCUT2D eigenvalue weighted by Crippen LogP contribution is 2.30. The number of esters is 1. The second kappa shape index (κ2) is 4.32. The van der Waals surface area contributed by atoms with Gasteiger partial charge in [0.25, 0.3) is 6.43 Å². The van der Waals surface area contributed by atoms with Crippen molar-refractivity contribution in [1.29, 1.82) is 0 Å². The standard InChI is InChI=1S/C7H8F2N2O2S/c1-2-13-6(12)3-4(5(8)9)14-7(10)11-3/h5H,2H2,1H3,(H2,10,11). The SMILES string of the molecule is CCOC(=O)c1nc(N)sc1C(F)F. The Bertz CT molecular complexity index is 340. The Balaban J connectivity index is 3.00. The molecule has 2 N–H and O–H groups in total. The Morgan fingerprint density at radius 3 is 2.86 bits per heavy atom. The smallest absolute Gasteiger partial charge is 0.358 e. The summed E-state index contributed by atoms with van der Waals surface area (Å²) < 4.78 is 29.2. The molecule has 14 heavy (non-hydrogen) atoms. The predicted octanol–water partition coefficient (Wildman–Crippen LogP) is 1.84. The number of aromatic nitrogens is 1. The molecule has 0 amide bonds. The van der Waals surface area contributed by atoms with Gasteiger partial charge in [0, 0.05) is 0 Å². The molecule has 1 aromatic rings. The van der Waals surface area contributed by atoms with Crippen LogP contribution in [0.25, 0.3) is 0 Å². The highest BCUT2D eigenvalue weighted by atomic mass is 32.1. The molecule has 78 valence electrons. The van der Waals surface area contributed by atoms with E-state index in [0.717, 1.165) is 0 Å². The summed E-state index contributed by atoms with van der Waals surface area (Å²) in [5.41, 5.74) is 4.83. The van der Waals surface area contributed by atoms with Crippen LogP contribution in [0, 0.1) is 0 Å². The normalized spacial score (nSPS) is 10.6. The number of alkyl halides is 2. The van der Waals surface area contributed by atoms with Crippen LogP contribution in [-0.2, 0) is 4.74 Å². The summed E-state index contributed by atoms with van der Waals surface area (Å²) in [6.45, 7) is 1.69. The Morgan fingerprint density at radius 2 is 2.36 bits per heavy atom. The summed E-state index contributed by atoms with van der Waals surface area (Å²) >= 11 is 0.592. The molecule has 0 saturated carbocycles. The van der Waals surface area contributed by atoms with Gasteiger partial charge in [0.2, 0.25) is 0 Å². The number of nitrogen functional groups attached to an aromatic ring is 1. The van der Waals surface area contributed by atoms with Crippen molar-refractivity contribution in [3.05, 3.63) is 10.6 Å². The van der Waals surface area contributed by atoms with Gasteiger partial charge in [-0.05, 0) is 6.92 Å². The summed E-state index contributed by atoms with van der Waals surface area (Å²) in [6.07, 6.45) is -2.76. The quantitative estimate of drug-likeness (QED) is 0.792. The van der Waals surface area contributed by atoms with Crippen LogP contribution in [0.15, 0.2) is 0 Å². The molecule has 0 aliphatic carbocycles. The lowest BCUT2D eigenvalue weighted by atomic mass is 10.4. The molecule has 1 aromatic heterocycles. The van der Waals surface area contributed by atoms with Gasteiger partial charge in [-0.2, -0.15) is 0 Å². The number of halogens is 2. The average Bonchev–Trinajstić information content (AvgIpc) is 2.48. The van der Waals surface area contributed by atoms with Gasteiger partial charge in [-0.1, -0.05) is 11.3 Å². The molecule has 0 aliphatic rings. The van der Waals surface area contributed by atoms with Crippen molar-refractivity contribution in [3.8, 4) is 0 Å². The summed E-state index contributed by atoms with van der Waals surface area (Å²) in [4.78, 5) is 14.2. The van der Waals surface area contributed by atoms with Gasteiger partial charge < -0.3 is 10.5 Å². The Labute approximate surface area is 82.7 Å². The maximum absolute atomic E-state index is 12.3. The van der Waals surface area contributed by atoms with Crippen LogP contribution < -0.4 is 5.73 Å². The first kappa shape index (κ1) is 10.8. The monoisotopic (exact) mass is 222 g/mol. The topological polar surface area (TPSA) is 65.2 Å². The van der Waals surface area contributed by atoms with Crippen LogP contribution in [-0.4, -0.2) is 17.6 Å². The number of ether oxygens (including phenoxy) is 1. The minimum absolute atomic E-state index is 0.0663. The minimum Gasteiger partial charge on any atom is -0.461 e. The van der Waals surface area contributed by atoms with Crippen molar-refractivity contribution in [2.24, 2.45) is 0 Å². The summed E-state index contributed by atoms with van der Waals surface area (Å²) in [5, 5.41) is -0.0663. The van der Waals surface area contributed by atoms with Gasteiger partial charge >= 0.3 is 5.97 Å². The van der Waals surface area contributed by atoms with Gasteiger partial charge in [0.1, 0.15) is 4.88 Å². The van der Waals surface area contributed by atoms with E-state index < -0.39 is 17.3 Å². The number of nitrogens with two attached hydrogens (primary N) is 1. The van der Waals surface area contributed by atoms with Crippen molar-refractivity contribution in [2.45, 2.75) is 13.3 Å². The van der Waals surface area contributed by atoms with E-state index in [2.05, 4.69) is 9.72 Å². The molecule has 0 saturated heterocycles. The van der Waals surface area contributed by atoms with Gasteiger partial charge in [0.05, 0.1) is 6.61 Å². The molecule has 0 aliphatic heterocycles. The first-order valence-corrected chi connectivity index (χ1v) is 4.59. The Morgan fingerprint density at radius 1 is 1.71 bits per heavy atom. The molecule has 0 radical (unpaired) electrons. The zero-order valence-electron chi connectivity index (χ0n) is 7.29.